The van der Waals surface area contributed by atoms with Gasteiger partial charge in [-0.15, -0.1) is 0 Å². The highest BCUT2D eigenvalue weighted by Gasteiger charge is 2.39. The summed E-state index contributed by atoms with van der Waals surface area (Å²) in [5.41, 5.74) is 3.14. The molecule has 1 amide bonds. The van der Waals surface area contributed by atoms with E-state index in [4.69, 9.17) is 4.52 Å². The van der Waals surface area contributed by atoms with E-state index in [1.807, 2.05) is 26.8 Å². The Hall–Kier alpha value is -2.10. The minimum Gasteiger partial charge on any atom is -0.361 e. The van der Waals surface area contributed by atoms with Crippen molar-refractivity contribution in [2.45, 2.75) is 51.4 Å². The summed E-state index contributed by atoms with van der Waals surface area (Å²) < 4.78 is 5.18. The average Bonchev–Trinajstić information content (AvgIpc) is 2.85. The van der Waals surface area contributed by atoms with Crippen LogP contribution in [0.2, 0.25) is 0 Å². The Labute approximate surface area is 137 Å². The minimum atomic E-state index is -0.242. The zero-order valence-corrected chi connectivity index (χ0v) is 14.1. The van der Waals surface area contributed by atoms with Crippen LogP contribution >= 0.6 is 0 Å². The van der Waals surface area contributed by atoms with E-state index in [-0.39, 0.29) is 17.2 Å². The molecule has 0 radical (unpaired) electrons. The standard InChI is InChI=1S/C19H24N2O2/c1-13(17-14(2)21-23-15(17)3)18(22)20-12-19(10-7-11-19)16-8-5-4-6-9-16/h4-6,8-9,13H,7,10-12H2,1-3H3,(H,20,22). The number of benzene rings is 1. The van der Waals surface area contributed by atoms with Crippen LogP contribution in [0, 0.1) is 13.8 Å². The van der Waals surface area contributed by atoms with Crippen molar-refractivity contribution in [3.8, 4) is 0 Å². The zero-order valence-electron chi connectivity index (χ0n) is 14.1. The first-order valence-electron chi connectivity index (χ1n) is 8.29. The molecule has 1 fully saturated rings. The van der Waals surface area contributed by atoms with Gasteiger partial charge in [-0.05, 0) is 39.2 Å². The van der Waals surface area contributed by atoms with Gasteiger partial charge < -0.3 is 9.84 Å². The molecule has 0 spiro atoms. The predicted octanol–water partition coefficient (Wildman–Crippen LogP) is 3.63. The highest BCUT2D eigenvalue weighted by atomic mass is 16.5. The summed E-state index contributed by atoms with van der Waals surface area (Å²) >= 11 is 0. The number of amides is 1. The van der Waals surface area contributed by atoms with Gasteiger partial charge in [0.05, 0.1) is 11.6 Å². The first-order valence-corrected chi connectivity index (χ1v) is 8.29. The van der Waals surface area contributed by atoms with Crippen LogP contribution in [0.1, 0.15) is 54.7 Å². The molecular formula is C19H24N2O2. The van der Waals surface area contributed by atoms with Crippen LogP contribution in [-0.2, 0) is 10.2 Å². The Kier molecular flexibility index (Phi) is 4.24. The maximum Gasteiger partial charge on any atom is 0.227 e. The third-order valence-electron chi connectivity index (χ3n) is 5.21. The number of hydrogen-bond donors (Lipinski definition) is 1. The van der Waals surface area contributed by atoms with E-state index in [1.54, 1.807) is 0 Å². The number of nitrogens with zero attached hydrogens (tertiary/aromatic N) is 1. The Balaban J connectivity index is 1.69. The maximum absolute atomic E-state index is 12.6. The molecule has 2 aromatic rings. The lowest BCUT2D eigenvalue weighted by Gasteiger charge is -2.42. The molecule has 1 N–H and O–H groups in total. The van der Waals surface area contributed by atoms with Crippen molar-refractivity contribution in [3.63, 3.8) is 0 Å². The largest absolute Gasteiger partial charge is 0.361 e. The summed E-state index contributed by atoms with van der Waals surface area (Å²) in [4.78, 5) is 12.6. The number of carbonyl (C=O) groups is 1. The van der Waals surface area contributed by atoms with E-state index in [1.165, 1.54) is 12.0 Å². The van der Waals surface area contributed by atoms with E-state index in [2.05, 4.69) is 34.7 Å². The molecule has 23 heavy (non-hydrogen) atoms. The van der Waals surface area contributed by atoms with E-state index < -0.39 is 0 Å². The zero-order chi connectivity index (χ0) is 16.4. The van der Waals surface area contributed by atoms with Crippen LogP contribution in [0.25, 0.3) is 0 Å². The second-order valence-electron chi connectivity index (χ2n) is 6.68. The summed E-state index contributed by atoms with van der Waals surface area (Å²) in [6.45, 7) is 6.35. The molecule has 1 heterocycles. The van der Waals surface area contributed by atoms with Crippen molar-refractivity contribution in [2.24, 2.45) is 0 Å². The molecule has 4 heteroatoms. The smallest absolute Gasteiger partial charge is 0.227 e. The van der Waals surface area contributed by atoms with Gasteiger partial charge in [0, 0.05) is 17.5 Å². The lowest BCUT2D eigenvalue weighted by Crippen LogP contribution is -2.46. The Morgan fingerprint density at radius 2 is 2.00 bits per heavy atom. The van der Waals surface area contributed by atoms with Gasteiger partial charge in [0.2, 0.25) is 5.91 Å². The van der Waals surface area contributed by atoms with Crippen LogP contribution in [0.5, 0.6) is 0 Å². The van der Waals surface area contributed by atoms with Crippen LogP contribution in [0.3, 0.4) is 0 Å². The van der Waals surface area contributed by atoms with Gasteiger partial charge in [0.25, 0.3) is 0 Å². The van der Waals surface area contributed by atoms with Crippen molar-refractivity contribution in [3.05, 3.63) is 52.9 Å². The summed E-state index contributed by atoms with van der Waals surface area (Å²) in [5, 5.41) is 7.11. The molecule has 1 aromatic heterocycles. The van der Waals surface area contributed by atoms with E-state index >= 15 is 0 Å². The molecule has 1 unspecified atom stereocenters. The highest BCUT2D eigenvalue weighted by Crippen LogP contribution is 2.43. The number of nitrogens with one attached hydrogen (secondary N) is 1. The summed E-state index contributed by atoms with van der Waals surface area (Å²) in [6, 6.07) is 10.5. The summed E-state index contributed by atoms with van der Waals surface area (Å²) in [5.74, 6) is 0.530. The predicted molar refractivity (Wildman–Crippen MR) is 89.4 cm³/mol. The van der Waals surface area contributed by atoms with Gasteiger partial charge in [0.15, 0.2) is 0 Å². The van der Waals surface area contributed by atoms with Crippen molar-refractivity contribution in [1.29, 1.82) is 0 Å². The highest BCUT2D eigenvalue weighted by molar-refractivity contribution is 5.83. The Bertz CT molecular complexity index is 667. The first-order chi connectivity index (χ1) is 11.0. The van der Waals surface area contributed by atoms with Crippen molar-refractivity contribution < 1.29 is 9.32 Å². The van der Waals surface area contributed by atoms with Gasteiger partial charge >= 0.3 is 0 Å². The molecule has 1 aliphatic rings. The fraction of sp³-hybridized carbons (Fsp3) is 0.474. The van der Waals surface area contributed by atoms with Crippen molar-refractivity contribution in [2.75, 3.05) is 6.54 Å². The second kappa shape index (κ2) is 6.19. The van der Waals surface area contributed by atoms with Gasteiger partial charge in [-0.25, -0.2) is 0 Å². The number of rotatable bonds is 5. The van der Waals surface area contributed by atoms with Gasteiger partial charge in [0.1, 0.15) is 5.76 Å². The van der Waals surface area contributed by atoms with E-state index in [0.29, 0.717) is 6.54 Å². The quantitative estimate of drug-likeness (QED) is 0.917. The number of aryl methyl sites for hydroxylation is 2. The SMILES string of the molecule is Cc1noc(C)c1C(C)C(=O)NCC1(c2ccccc2)CCC1. The molecule has 0 saturated heterocycles. The van der Waals surface area contributed by atoms with E-state index in [9.17, 15) is 4.79 Å². The molecule has 122 valence electrons. The third kappa shape index (κ3) is 2.90. The minimum absolute atomic E-state index is 0.0432. The maximum atomic E-state index is 12.6. The average molecular weight is 312 g/mol. The molecule has 4 nitrogen and oxygen atoms in total. The fourth-order valence-electron chi connectivity index (χ4n) is 3.61. The summed E-state index contributed by atoms with van der Waals surface area (Å²) in [7, 11) is 0. The molecule has 3 rings (SSSR count). The van der Waals surface area contributed by atoms with Crippen molar-refractivity contribution in [1.82, 2.24) is 10.5 Å². The molecule has 0 bridgehead atoms. The van der Waals surface area contributed by atoms with Crippen LogP contribution in [0.4, 0.5) is 0 Å². The van der Waals surface area contributed by atoms with E-state index in [0.717, 1.165) is 29.9 Å². The number of carbonyl (C=O) groups excluding carboxylic acids is 1. The number of hydrogen-bond acceptors (Lipinski definition) is 3. The normalized spacial score (nSPS) is 17.3. The van der Waals surface area contributed by atoms with Gasteiger partial charge in [-0.1, -0.05) is 41.9 Å². The molecule has 1 atom stereocenters. The fourth-order valence-corrected chi connectivity index (χ4v) is 3.61. The lowest BCUT2D eigenvalue weighted by atomic mass is 9.64. The monoisotopic (exact) mass is 312 g/mol. The first kappa shape index (κ1) is 15.8. The van der Waals surface area contributed by atoms with Crippen LogP contribution in [-0.4, -0.2) is 17.6 Å². The van der Waals surface area contributed by atoms with Crippen LogP contribution in [0.15, 0.2) is 34.9 Å². The van der Waals surface area contributed by atoms with Crippen molar-refractivity contribution >= 4 is 5.91 Å². The summed E-state index contributed by atoms with van der Waals surface area (Å²) in [6.07, 6.45) is 3.50. The topological polar surface area (TPSA) is 55.1 Å². The molecule has 1 aromatic carbocycles. The van der Waals surface area contributed by atoms with Crippen LogP contribution < -0.4 is 5.32 Å². The lowest BCUT2D eigenvalue weighted by molar-refractivity contribution is -0.122. The third-order valence-corrected chi connectivity index (χ3v) is 5.21. The Morgan fingerprint density at radius 3 is 2.52 bits per heavy atom. The molecule has 0 aliphatic heterocycles. The van der Waals surface area contributed by atoms with Gasteiger partial charge in [-0.3, -0.25) is 4.79 Å². The number of aromatic nitrogens is 1. The molecule has 1 saturated carbocycles. The Morgan fingerprint density at radius 1 is 1.30 bits per heavy atom. The second-order valence-corrected chi connectivity index (χ2v) is 6.68. The van der Waals surface area contributed by atoms with Gasteiger partial charge in [-0.2, -0.15) is 0 Å². The molecule has 1 aliphatic carbocycles. The molecular weight excluding hydrogens is 288 g/mol.